The topological polar surface area (TPSA) is 79.3 Å². The van der Waals surface area contributed by atoms with Gasteiger partial charge in [0, 0.05) is 11.5 Å². The second-order valence-corrected chi connectivity index (χ2v) is 8.23. The smallest absolute Gasteiger partial charge is 0.334 e. The summed E-state index contributed by atoms with van der Waals surface area (Å²) < 4.78 is 11.3. The zero-order chi connectivity index (χ0) is 18.4. The lowest BCUT2D eigenvalue weighted by molar-refractivity contribution is -0.146. The van der Waals surface area contributed by atoms with Gasteiger partial charge < -0.3 is 19.7 Å². The third-order valence-corrected chi connectivity index (χ3v) is 6.32. The van der Waals surface area contributed by atoms with Gasteiger partial charge >= 0.3 is 5.97 Å². The zero-order valence-electron chi connectivity index (χ0n) is 15.2. The van der Waals surface area contributed by atoms with E-state index in [1.807, 2.05) is 13.8 Å². The maximum Gasteiger partial charge on any atom is 0.334 e. The summed E-state index contributed by atoms with van der Waals surface area (Å²) in [4.78, 5) is 12.0. The molecule has 0 spiro atoms. The molecule has 5 heteroatoms. The number of aliphatic hydroxyl groups is 2. The van der Waals surface area contributed by atoms with Crippen LogP contribution < -0.4 is 0 Å². The van der Waals surface area contributed by atoms with Gasteiger partial charge in [0.25, 0.3) is 0 Å². The van der Waals surface area contributed by atoms with Gasteiger partial charge in [-0.15, -0.1) is 0 Å². The number of aliphatic hydroxyl groups excluding tert-OH is 2. The van der Waals surface area contributed by atoms with Gasteiger partial charge in [-0.2, -0.15) is 0 Å². The fourth-order valence-corrected chi connectivity index (χ4v) is 4.19. The molecular formula is C20H30O5. The number of carbonyl (C=O) groups excluding carboxylic acids is 1. The molecule has 2 aliphatic heterocycles. The summed E-state index contributed by atoms with van der Waals surface area (Å²) in [5.74, 6) is -0.623. The Bertz CT molecular complexity index is 570. The predicted octanol–water partition coefficient (Wildman–Crippen LogP) is 2.51. The molecule has 3 aliphatic rings. The maximum absolute atomic E-state index is 12.0. The summed E-state index contributed by atoms with van der Waals surface area (Å²) in [5.41, 5.74) is 0.992. The molecule has 140 valence electrons. The molecule has 0 bridgehead atoms. The minimum absolute atomic E-state index is 0.00263. The SMILES string of the molecule is C=C1CCC[C@H](C)[C@@H](O)[C@@H]2OC(=O)C(=C)[C@@H]2C[C@H]2O[C@]2(C)CC[C@@H]1O. The molecule has 1 aliphatic carbocycles. The van der Waals surface area contributed by atoms with E-state index in [4.69, 9.17) is 9.47 Å². The van der Waals surface area contributed by atoms with Crippen molar-refractivity contribution in [1.29, 1.82) is 0 Å². The molecule has 0 aromatic carbocycles. The van der Waals surface area contributed by atoms with Crippen molar-refractivity contribution in [2.45, 2.75) is 82.4 Å². The Kier molecular flexibility index (Phi) is 5.11. The van der Waals surface area contributed by atoms with E-state index in [2.05, 4.69) is 13.2 Å². The van der Waals surface area contributed by atoms with Crippen LogP contribution in [0.3, 0.4) is 0 Å². The Balaban J connectivity index is 1.79. The lowest BCUT2D eigenvalue weighted by atomic mass is 9.81. The quantitative estimate of drug-likeness (QED) is 0.304. The van der Waals surface area contributed by atoms with Crippen LogP contribution in [0.5, 0.6) is 0 Å². The first kappa shape index (κ1) is 18.6. The van der Waals surface area contributed by atoms with Gasteiger partial charge in [0.15, 0.2) is 0 Å². The highest BCUT2D eigenvalue weighted by Gasteiger charge is 2.55. The van der Waals surface area contributed by atoms with Gasteiger partial charge in [-0.05, 0) is 56.9 Å². The van der Waals surface area contributed by atoms with E-state index >= 15 is 0 Å². The van der Waals surface area contributed by atoms with E-state index in [0.717, 1.165) is 31.3 Å². The van der Waals surface area contributed by atoms with Crippen LogP contribution in [0.4, 0.5) is 0 Å². The van der Waals surface area contributed by atoms with Crippen molar-refractivity contribution in [2.24, 2.45) is 11.8 Å². The van der Waals surface area contributed by atoms with Gasteiger partial charge in [0.2, 0.25) is 0 Å². The van der Waals surface area contributed by atoms with E-state index in [0.29, 0.717) is 18.4 Å². The third kappa shape index (κ3) is 3.69. The van der Waals surface area contributed by atoms with E-state index < -0.39 is 24.3 Å². The highest BCUT2D eigenvalue weighted by molar-refractivity contribution is 5.90. The van der Waals surface area contributed by atoms with Gasteiger partial charge in [-0.25, -0.2) is 4.79 Å². The zero-order valence-corrected chi connectivity index (χ0v) is 15.2. The third-order valence-electron chi connectivity index (χ3n) is 6.32. The Morgan fingerprint density at radius 3 is 2.68 bits per heavy atom. The van der Waals surface area contributed by atoms with Crippen LogP contribution >= 0.6 is 0 Å². The molecule has 0 aromatic heterocycles. The second-order valence-electron chi connectivity index (χ2n) is 8.23. The number of epoxide rings is 1. The number of hydrogen-bond donors (Lipinski definition) is 2. The molecule has 3 fully saturated rings. The molecule has 5 nitrogen and oxygen atoms in total. The summed E-state index contributed by atoms with van der Waals surface area (Å²) >= 11 is 0. The fourth-order valence-electron chi connectivity index (χ4n) is 4.19. The lowest BCUT2D eigenvalue weighted by Gasteiger charge is -2.28. The standard InChI is InChI=1S/C20H30O5/c1-11-6-5-7-12(2)17(22)18-14(13(3)19(23)24-18)10-16-20(4,25-16)9-8-15(11)21/h12,14-18,21-22H,1,3,5-10H2,2,4H3/t12-,14-,15-,16+,17+,18+,20+/m0/s1. The van der Waals surface area contributed by atoms with E-state index in [-0.39, 0.29) is 23.5 Å². The molecule has 2 N–H and O–H groups in total. The number of esters is 1. The first-order valence-corrected chi connectivity index (χ1v) is 9.34. The van der Waals surface area contributed by atoms with E-state index in [9.17, 15) is 15.0 Å². The Hall–Kier alpha value is -1.17. The summed E-state index contributed by atoms with van der Waals surface area (Å²) in [6.07, 6.45) is 2.59. The summed E-state index contributed by atoms with van der Waals surface area (Å²) in [6, 6.07) is 0. The number of hydrogen-bond acceptors (Lipinski definition) is 5. The van der Waals surface area contributed by atoms with Crippen LogP contribution in [-0.4, -0.2) is 46.2 Å². The van der Waals surface area contributed by atoms with Crippen molar-refractivity contribution in [3.05, 3.63) is 24.3 Å². The summed E-state index contributed by atoms with van der Waals surface area (Å²) in [5, 5.41) is 21.0. The monoisotopic (exact) mass is 350 g/mol. The number of ether oxygens (including phenoxy) is 2. The highest BCUT2D eigenvalue weighted by atomic mass is 16.6. The van der Waals surface area contributed by atoms with Crippen molar-refractivity contribution in [1.82, 2.24) is 0 Å². The van der Waals surface area contributed by atoms with Crippen LogP contribution in [0.15, 0.2) is 24.3 Å². The fraction of sp³-hybridized carbons (Fsp3) is 0.750. The molecule has 3 rings (SSSR count). The van der Waals surface area contributed by atoms with Crippen LogP contribution in [0.1, 0.15) is 52.4 Å². The molecular weight excluding hydrogens is 320 g/mol. The maximum atomic E-state index is 12.0. The van der Waals surface area contributed by atoms with E-state index in [1.54, 1.807) is 0 Å². The molecule has 2 heterocycles. The number of carbonyl (C=O) groups is 1. The van der Waals surface area contributed by atoms with Gasteiger partial charge in [0.1, 0.15) is 6.10 Å². The Labute approximate surface area is 149 Å². The predicted molar refractivity (Wildman–Crippen MR) is 93.8 cm³/mol. The normalized spacial score (nSPS) is 46.0. The van der Waals surface area contributed by atoms with Crippen molar-refractivity contribution in [3.8, 4) is 0 Å². The van der Waals surface area contributed by atoms with Crippen molar-refractivity contribution in [3.63, 3.8) is 0 Å². The molecule has 0 unspecified atom stereocenters. The molecule has 0 aromatic rings. The molecule has 2 saturated heterocycles. The van der Waals surface area contributed by atoms with Gasteiger partial charge in [0.05, 0.1) is 23.9 Å². The minimum atomic E-state index is -0.723. The Morgan fingerprint density at radius 1 is 1.24 bits per heavy atom. The second kappa shape index (κ2) is 6.86. The number of fused-ring (bicyclic) bond motifs is 2. The first-order chi connectivity index (χ1) is 11.7. The largest absolute Gasteiger partial charge is 0.456 e. The number of rotatable bonds is 0. The summed E-state index contributed by atoms with van der Waals surface area (Å²) in [7, 11) is 0. The van der Waals surface area contributed by atoms with Crippen molar-refractivity contribution in [2.75, 3.05) is 0 Å². The molecule has 25 heavy (non-hydrogen) atoms. The average Bonchev–Trinajstić information content (AvgIpc) is 3.13. The van der Waals surface area contributed by atoms with Crippen LogP contribution in [0.2, 0.25) is 0 Å². The first-order valence-electron chi connectivity index (χ1n) is 9.34. The van der Waals surface area contributed by atoms with Crippen LogP contribution in [0.25, 0.3) is 0 Å². The molecule has 0 amide bonds. The van der Waals surface area contributed by atoms with Gasteiger partial charge in [-0.3, -0.25) is 0 Å². The van der Waals surface area contributed by atoms with Crippen LogP contribution in [-0.2, 0) is 14.3 Å². The van der Waals surface area contributed by atoms with E-state index in [1.165, 1.54) is 0 Å². The summed E-state index contributed by atoms with van der Waals surface area (Å²) in [6.45, 7) is 11.9. The van der Waals surface area contributed by atoms with Crippen molar-refractivity contribution < 1.29 is 24.5 Å². The Morgan fingerprint density at radius 2 is 1.96 bits per heavy atom. The highest BCUT2D eigenvalue weighted by Crippen LogP contribution is 2.48. The molecule has 7 atom stereocenters. The molecule has 1 saturated carbocycles. The lowest BCUT2D eigenvalue weighted by Crippen LogP contribution is -2.37. The van der Waals surface area contributed by atoms with Gasteiger partial charge in [-0.1, -0.05) is 20.1 Å². The average molecular weight is 350 g/mol. The minimum Gasteiger partial charge on any atom is -0.456 e. The van der Waals surface area contributed by atoms with Crippen molar-refractivity contribution >= 4 is 5.97 Å². The van der Waals surface area contributed by atoms with Crippen LogP contribution in [0, 0.1) is 11.8 Å². The molecule has 0 radical (unpaired) electrons.